The molecule has 5 nitrogen and oxygen atoms in total. The quantitative estimate of drug-likeness (QED) is 0.656. The van der Waals surface area contributed by atoms with E-state index in [1.807, 2.05) is 30.3 Å². The Labute approximate surface area is 171 Å². The Balaban J connectivity index is 1.88. The third kappa shape index (κ3) is 3.73. The minimum atomic E-state index is -0.726. The van der Waals surface area contributed by atoms with Gasteiger partial charge in [0.05, 0.1) is 0 Å². The van der Waals surface area contributed by atoms with Gasteiger partial charge in [0.2, 0.25) is 5.95 Å². The molecular weight excluding hydrogens is 392 g/mol. The van der Waals surface area contributed by atoms with Gasteiger partial charge >= 0.3 is 0 Å². The van der Waals surface area contributed by atoms with E-state index in [9.17, 15) is 8.78 Å². The summed E-state index contributed by atoms with van der Waals surface area (Å²) in [5, 5.41) is 6.72. The van der Waals surface area contributed by atoms with Crippen molar-refractivity contribution in [3.63, 3.8) is 0 Å². The van der Waals surface area contributed by atoms with Gasteiger partial charge in [0.25, 0.3) is 0 Å². The van der Waals surface area contributed by atoms with Crippen LogP contribution in [-0.2, 0) is 4.87 Å². The topological polar surface area (TPSA) is 67.4 Å². The van der Waals surface area contributed by atoms with Gasteiger partial charge < -0.3 is 5.73 Å². The molecule has 2 aromatic carbocycles. The molecule has 1 unspecified atom stereocenters. The summed E-state index contributed by atoms with van der Waals surface area (Å²) in [4.78, 5) is 7.98. The Morgan fingerprint density at radius 1 is 1.00 bits per heavy atom. The first-order valence-electron chi connectivity index (χ1n) is 9.20. The lowest BCUT2D eigenvalue weighted by Crippen LogP contribution is -2.39. The van der Waals surface area contributed by atoms with Gasteiger partial charge in [-0.1, -0.05) is 42.1 Å². The van der Waals surface area contributed by atoms with E-state index in [0.717, 1.165) is 23.8 Å². The molecule has 1 atom stereocenters. The van der Waals surface area contributed by atoms with Crippen molar-refractivity contribution < 1.29 is 8.78 Å². The molecule has 29 heavy (non-hydrogen) atoms. The second kappa shape index (κ2) is 8.26. The zero-order valence-corrected chi connectivity index (χ0v) is 16.3. The van der Waals surface area contributed by atoms with Crippen molar-refractivity contribution in [2.75, 3.05) is 11.6 Å². The summed E-state index contributed by atoms with van der Waals surface area (Å²) in [5.41, 5.74) is 6.88. The molecule has 1 aromatic heterocycles. The molecule has 0 aliphatic carbocycles. The van der Waals surface area contributed by atoms with E-state index in [-0.39, 0.29) is 5.56 Å². The van der Waals surface area contributed by atoms with E-state index in [2.05, 4.69) is 15.1 Å². The van der Waals surface area contributed by atoms with E-state index < -0.39 is 16.5 Å². The summed E-state index contributed by atoms with van der Waals surface area (Å²) >= 11 is 1.36. The van der Waals surface area contributed by atoms with Gasteiger partial charge in [0.1, 0.15) is 21.5 Å². The molecule has 0 spiro atoms. The third-order valence-electron chi connectivity index (χ3n) is 4.64. The van der Waals surface area contributed by atoms with Crippen molar-refractivity contribution in [3.8, 4) is 0 Å². The maximum atomic E-state index is 14.5. The highest BCUT2D eigenvalue weighted by Gasteiger charge is 2.47. The minimum Gasteiger partial charge on any atom is -0.330 e. The number of halogens is 2. The molecule has 148 valence electrons. The molecule has 1 aliphatic rings. The van der Waals surface area contributed by atoms with Gasteiger partial charge in [-0.25, -0.2) is 23.8 Å². The summed E-state index contributed by atoms with van der Waals surface area (Å²) in [6, 6.07) is 14.9. The van der Waals surface area contributed by atoms with Crippen molar-refractivity contribution in [2.24, 2.45) is 10.8 Å². The number of hydrogen-bond acceptors (Lipinski definition) is 6. The molecule has 1 aliphatic heterocycles. The summed E-state index contributed by atoms with van der Waals surface area (Å²) in [6.45, 7) is 0.488. The zero-order valence-electron chi connectivity index (χ0n) is 15.5. The lowest BCUT2D eigenvalue weighted by atomic mass is 10.0. The Bertz CT molecular complexity index is 1020. The van der Waals surface area contributed by atoms with Crippen LogP contribution in [0.1, 0.15) is 24.0 Å². The smallest absolute Gasteiger partial charge is 0.247 e. The van der Waals surface area contributed by atoms with E-state index in [1.165, 1.54) is 11.8 Å². The van der Waals surface area contributed by atoms with Crippen LogP contribution in [0.3, 0.4) is 0 Å². The number of rotatable bonds is 6. The van der Waals surface area contributed by atoms with Gasteiger partial charge in [-0.15, -0.1) is 0 Å². The first-order chi connectivity index (χ1) is 14.1. The van der Waals surface area contributed by atoms with Crippen molar-refractivity contribution in [2.45, 2.75) is 17.7 Å². The largest absolute Gasteiger partial charge is 0.330 e. The Hall–Kier alpha value is -2.84. The maximum Gasteiger partial charge on any atom is 0.247 e. The first kappa shape index (κ1) is 19.5. The number of nitrogens with zero attached hydrogens (tertiary/aromatic N) is 4. The summed E-state index contributed by atoms with van der Waals surface area (Å²) < 4.78 is 28.4. The van der Waals surface area contributed by atoms with Crippen LogP contribution in [0.2, 0.25) is 0 Å². The van der Waals surface area contributed by atoms with E-state index in [4.69, 9.17) is 5.73 Å². The Kier molecular flexibility index (Phi) is 5.55. The normalized spacial score (nSPS) is 18.7. The van der Waals surface area contributed by atoms with Gasteiger partial charge in [0.15, 0.2) is 0 Å². The van der Waals surface area contributed by atoms with Crippen LogP contribution in [0.4, 0.5) is 14.7 Å². The molecule has 0 saturated heterocycles. The number of hydrazone groups is 1. The predicted octanol–water partition coefficient (Wildman–Crippen LogP) is 4.26. The molecule has 0 saturated carbocycles. The van der Waals surface area contributed by atoms with Crippen LogP contribution >= 0.6 is 11.8 Å². The second-order valence-electron chi connectivity index (χ2n) is 6.53. The number of thioether (sulfide) groups is 1. The number of hydrogen-bond donors (Lipinski definition) is 1. The predicted molar refractivity (Wildman–Crippen MR) is 111 cm³/mol. The van der Waals surface area contributed by atoms with Crippen molar-refractivity contribution in [3.05, 3.63) is 89.8 Å². The first-order valence-corrected chi connectivity index (χ1v) is 10.0. The number of nitrogens with two attached hydrogens (primary N) is 1. The van der Waals surface area contributed by atoms with Crippen LogP contribution in [-0.4, -0.2) is 21.6 Å². The van der Waals surface area contributed by atoms with Gasteiger partial charge in [-0.05, 0) is 49.2 Å². The van der Waals surface area contributed by atoms with Crippen molar-refractivity contribution in [1.29, 1.82) is 0 Å². The fraction of sp³-hybridized carbons (Fsp3) is 0.190. The van der Waals surface area contributed by atoms with Crippen molar-refractivity contribution in [1.82, 2.24) is 9.97 Å². The molecular formula is C21H19F2N5S. The van der Waals surface area contributed by atoms with Gasteiger partial charge in [-0.2, -0.15) is 5.10 Å². The van der Waals surface area contributed by atoms with Gasteiger partial charge in [0, 0.05) is 18.0 Å². The highest BCUT2D eigenvalue weighted by molar-refractivity contribution is 8.15. The van der Waals surface area contributed by atoms with Crippen LogP contribution in [0, 0.1) is 11.6 Å². The van der Waals surface area contributed by atoms with Crippen LogP contribution in [0.15, 0.2) is 72.1 Å². The fourth-order valence-electron chi connectivity index (χ4n) is 3.29. The molecule has 0 fully saturated rings. The maximum absolute atomic E-state index is 14.5. The second-order valence-corrected chi connectivity index (χ2v) is 7.80. The fourth-order valence-corrected chi connectivity index (χ4v) is 4.71. The molecule has 0 bridgehead atoms. The van der Waals surface area contributed by atoms with E-state index in [1.54, 1.807) is 23.5 Å². The van der Waals surface area contributed by atoms with Crippen LogP contribution < -0.4 is 10.7 Å². The van der Waals surface area contributed by atoms with E-state index in [0.29, 0.717) is 30.4 Å². The average molecular weight is 411 g/mol. The molecule has 4 rings (SSSR count). The molecule has 0 radical (unpaired) electrons. The third-order valence-corrected chi connectivity index (χ3v) is 6.09. The van der Waals surface area contributed by atoms with Crippen molar-refractivity contribution >= 4 is 22.8 Å². The lowest BCUT2D eigenvalue weighted by molar-refractivity contribution is 0.518. The summed E-state index contributed by atoms with van der Waals surface area (Å²) in [5.74, 6) is -0.673. The highest BCUT2D eigenvalue weighted by atomic mass is 32.2. The highest BCUT2D eigenvalue weighted by Crippen LogP contribution is 2.51. The zero-order chi connectivity index (χ0) is 20.3. The van der Waals surface area contributed by atoms with Crippen LogP contribution in [0.25, 0.3) is 0 Å². The number of benzene rings is 2. The minimum absolute atomic E-state index is 0.112. The summed E-state index contributed by atoms with van der Waals surface area (Å²) in [6.07, 6.45) is 4.59. The SMILES string of the molecule is NCCCC1(c2ccccc2)SC(c2cc(F)ccc2F)=NN1c1ncccn1. The Morgan fingerprint density at radius 3 is 2.48 bits per heavy atom. The van der Waals surface area contributed by atoms with Crippen LogP contribution in [0.5, 0.6) is 0 Å². The molecule has 2 N–H and O–H groups in total. The molecule has 8 heteroatoms. The molecule has 3 aromatic rings. The average Bonchev–Trinajstić information content (AvgIpc) is 3.16. The standard InChI is InChI=1S/C21H19F2N5S/c22-16-8-9-18(23)17(14-16)19-27-28(20-25-12-5-13-26-20)21(29-19,10-4-11-24)15-6-2-1-3-7-15/h1-3,5-9,12-14H,4,10-11,24H2. The molecule has 2 heterocycles. The van der Waals surface area contributed by atoms with E-state index >= 15 is 0 Å². The monoisotopic (exact) mass is 411 g/mol. The van der Waals surface area contributed by atoms with Gasteiger partial charge in [-0.3, -0.25) is 0 Å². The lowest BCUT2D eigenvalue weighted by Gasteiger charge is -2.35. The number of aromatic nitrogens is 2. The molecule has 0 amide bonds. The summed E-state index contributed by atoms with van der Waals surface area (Å²) in [7, 11) is 0. The Morgan fingerprint density at radius 2 is 1.76 bits per heavy atom. The number of anilines is 1.